The first-order valence-electron chi connectivity index (χ1n) is 6.23. The topological polar surface area (TPSA) is 46.5 Å². The first-order chi connectivity index (χ1) is 10.5. The summed E-state index contributed by atoms with van der Waals surface area (Å²) in [6.45, 7) is -0.0174. The van der Waals surface area contributed by atoms with Crippen LogP contribution >= 0.6 is 23.2 Å². The number of benzene rings is 2. The van der Waals surface area contributed by atoms with Gasteiger partial charge in [0.1, 0.15) is 12.4 Å². The zero-order valence-electron chi connectivity index (χ0n) is 11.2. The lowest BCUT2D eigenvalue weighted by Gasteiger charge is -2.11. The van der Waals surface area contributed by atoms with E-state index in [1.807, 2.05) is 0 Å². The van der Waals surface area contributed by atoms with Crippen LogP contribution in [-0.2, 0) is 11.4 Å². The monoisotopic (exact) mass is 340 g/mol. The predicted molar refractivity (Wildman–Crippen MR) is 83.9 cm³/mol. The summed E-state index contributed by atoms with van der Waals surface area (Å²) in [6.07, 6.45) is 2.34. The number of carboxylic acids is 1. The summed E-state index contributed by atoms with van der Waals surface area (Å²) in [4.78, 5) is 10.5. The molecule has 0 bridgehead atoms. The molecule has 22 heavy (non-hydrogen) atoms. The normalized spacial score (nSPS) is 10.9. The minimum Gasteiger partial charge on any atom is -0.486 e. The van der Waals surface area contributed by atoms with E-state index in [4.69, 9.17) is 33.0 Å². The van der Waals surface area contributed by atoms with Gasteiger partial charge in [-0.15, -0.1) is 0 Å². The van der Waals surface area contributed by atoms with Crippen molar-refractivity contribution in [3.63, 3.8) is 0 Å². The van der Waals surface area contributed by atoms with Crippen molar-refractivity contribution in [1.29, 1.82) is 0 Å². The number of hydrogen-bond acceptors (Lipinski definition) is 2. The zero-order valence-corrected chi connectivity index (χ0v) is 12.7. The third-order valence-corrected chi connectivity index (χ3v) is 3.33. The van der Waals surface area contributed by atoms with Crippen LogP contribution in [0.1, 0.15) is 11.1 Å². The van der Waals surface area contributed by atoms with E-state index in [2.05, 4.69) is 0 Å². The van der Waals surface area contributed by atoms with Gasteiger partial charge >= 0.3 is 5.97 Å². The summed E-state index contributed by atoms with van der Waals surface area (Å²) in [7, 11) is 0. The van der Waals surface area contributed by atoms with Crippen molar-refractivity contribution in [2.24, 2.45) is 0 Å². The quantitative estimate of drug-likeness (QED) is 0.794. The minimum atomic E-state index is -1.08. The van der Waals surface area contributed by atoms with Crippen LogP contribution in [-0.4, -0.2) is 11.1 Å². The zero-order chi connectivity index (χ0) is 16.1. The highest BCUT2D eigenvalue weighted by molar-refractivity contribution is 6.37. The Morgan fingerprint density at radius 3 is 2.45 bits per heavy atom. The van der Waals surface area contributed by atoms with E-state index in [-0.39, 0.29) is 28.2 Å². The van der Waals surface area contributed by atoms with Gasteiger partial charge in [0.15, 0.2) is 5.75 Å². The number of hydrogen-bond donors (Lipinski definition) is 1. The fourth-order valence-corrected chi connectivity index (χ4v) is 2.36. The molecule has 0 saturated heterocycles. The molecular formula is C16H11Cl2FO3. The van der Waals surface area contributed by atoms with Gasteiger partial charge in [0, 0.05) is 11.6 Å². The Hall–Kier alpha value is -2.04. The van der Waals surface area contributed by atoms with Crippen LogP contribution in [0.5, 0.6) is 5.75 Å². The molecule has 114 valence electrons. The second-order valence-corrected chi connectivity index (χ2v) is 5.18. The lowest BCUT2D eigenvalue weighted by atomic mass is 10.2. The van der Waals surface area contributed by atoms with Crippen LogP contribution in [0.2, 0.25) is 10.0 Å². The van der Waals surface area contributed by atoms with Crippen LogP contribution in [0.15, 0.2) is 42.5 Å². The van der Waals surface area contributed by atoms with Crippen molar-refractivity contribution in [1.82, 2.24) is 0 Å². The van der Waals surface area contributed by atoms with Crippen molar-refractivity contribution in [3.05, 3.63) is 69.5 Å². The smallest absolute Gasteiger partial charge is 0.328 e. The van der Waals surface area contributed by atoms with Gasteiger partial charge < -0.3 is 9.84 Å². The third-order valence-electron chi connectivity index (χ3n) is 2.77. The SMILES string of the molecule is O=C(O)/C=C/c1cc(Cl)c(OCc2ccccc2F)c(Cl)c1. The highest BCUT2D eigenvalue weighted by atomic mass is 35.5. The Bertz CT molecular complexity index is 706. The number of carbonyl (C=O) groups is 1. The predicted octanol–water partition coefficient (Wildman–Crippen LogP) is 4.81. The Balaban J connectivity index is 2.18. The molecule has 0 aliphatic heterocycles. The highest BCUT2D eigenvalue weighted by Gasteiger charge is 2.10. The van der Waals surface area contributed by atoms with Crippen molar-refractivity contribution in [3.8, 4) is 5.75 Å². The number of halogens is 3. The fourth-order valence-electron chi connectivity index (χ4n) is 1.75. The summed E-state index contributed by atoms with van der Waals surface area (Å²) in [5, 5.41) is 9.02. The largest absolute Gasteiger partial charge is 0.486 e. The molecule has 6 heteroatoms. The van der Waals surface area contributed by atoms with Gasteiger partial charge in [-0.1, -0.05) is 41.4 Å². The maximum Gasteiger partial charge on any atom is 0.328 e. The first kappa shape index (κ1) is 16.3. The summed E-state index contributed by atoms with van der Waals surface area (Å²) >= 11 is 12.1. The Labute approximate surface area is 136 Å². The van der Waals surface area contributed by atoms with Crippen LogP contribution in [0, 0.1) is 5.82 Å². The summed E-state index contributed by atoms with van der Waals surface area (Å²) < 4.78 is 19.0. The number of aliphatic carboxylic acids is 1. The molecule has 3 nitrogen and oxygen atoms in total. The molecule has 0 radical (unpaired) electrons. The second-order valence-electron chi connectivity index (χ2n) is 4.37. The van der Waals surface area contributed by atoms with E-state index in [0.717, 1.165) is 6.08 Å². The van der Waals surface area contributed by atoms with Gasteiger partial charge in [-0.2, -0.15) is 0 Å². The van der Waals surface area contributed by atoms with Crippen LogP contribution < -0.4 is 4.74 Å². The van der Waals surface area contributed by atoms with Gasteiger partial charge in [-0.3, -0.25) is 0 Å². The molecule has 0 saturated carbocycles. The lowest BCUT2D eigenvalue weighted by Crippen LogP contribution is -1.99. The number of carboxylic acid groups (broad SMARTS) is 1. The van der Waals surface area contributed by atoms with Gasteiger partial charge in [-0.05, 0) is 29.8 Å². The molecule has 0 aromatic heterocycles. The number of ether oxygens (including phenoxy) is 1. The number of rotatable bonds is 5. The summed E-state index contributed by atoms with van der Waals surface area (Å²) in [6, 6.07) is 9.25. The molecule has 0 aliphatic rings. The Morgan fingerprint density at radius 2 is 1.86 bits per heavy atom. The van der Waals surface area contributed by atoms with E-state index in [1.54, 1.807) is 18.2 Å². The lowest BCUT2D eigenvalue weighted by molar-refractivity contribution is -0.131. The third kappa shape index (κ3) is 4.23. The second kappa shape index (κ2) is 7.29. The first-order valence-corrected chi connectivity index (χ1v) is 6.99. The molecule has 0 amide bonds. The highest BCUT2D eigenvalue weighted by Crippen LogP contribution is 2.35. The summed E-state index contributed by atoms with van der Waals surface area (Å²) in [5.74, 6) is -1.23. The fraction of sp³-hybridized carbons (Fsp3) is 0.0625. The Morgan fingerprint density at radius 1 is 1.23 bits per heavy atom. The van der Waals surface area contributed by atoms with Crippen molar-refractivity contribution < 1.29 is 19.0 Å². The average molecular weight is 341 g/mol. The molecule has 0 atom stereocenters. The molecule has 2 aromatic carbocycles. The molecule has 2 rings (SSSR count). The van der Waals surface area contributed by atoms with E-state index in [9.17, 15) is 9.18 Å². The maximum atomic E-state index is 13.5. The Kier molecular flexibility index (Phi) is 5.41. The van der Waals surface area contributed by atoms with E-state index >= 15 is 0 Å². The molecule has 0 fully saturated rings. The standard InChI is InChI=1S/C16H11Cl2FO3/c17-12-7-10(5-6-15(20)21)8-13(18)16(12)22-9-11-3-1-2-4-14(11)19/h1-8H,9H2,(H,20,21)/b6-5+. The van der Waals surface area contributed by atoms with Gasteiger partial charge in [0.2, 0.25) is 0 Å². The summed E-state index contributed by atoms with van der Waals surface area (Å²) in [5.41, 5.74) is 0.903. The van der Waals surface area contributed by atoms with E-state index in [1.165, 1.54) is 24.3 Å². The maximum absolute atomic E-state index is 13.5. The molecule has 0 spiro atoms. The van der Waals surface area contributed by atoms with E-state index in [0.29, 0.717) is 11.1 Å². The molecule has 0 aliphatic carbocycles. The molecule has 2 aromatic rings. The van der Waals surface area contributed by atoms with Crippen LogP contribution in [0.25, 0.3) is 6.08 Å². The van der Waals surface area contributed by atoms with Gasteiger partial charge in [0.05, 0.1) is 10.0 Å². The van der Waals surface area contributed by atoms with Gasteiger partial charge in [-0.25, -0.2) is 9.18 Å². The molecule has 1 N–H and O–H groups in total. The van der Waals surface area contributed by atoms with Crippen molar-refractivity contribution in [2.75, 3.05) is 0 Å². The molecular weight excluding hydrogens is 330 g/mol. The van der Waals surface area contributed by atoms with Gasteiger partial charge in [0.25, 0.3) is 0 Å². The van der Waals surface area contributed by atoms with Crippen molar-refractivity contribution in [2.45, 2.75) is 6.61 Å². The van der Waals surface area contributed by atoms with Crippen LogP contribution in [0.4, 0.5) is 4.39 Å². The van der Waals surface area contributed by atoms with Crippen molar-refractivity contribution >= 4 is 35.2 Å². The molecule has 0 heterocycles. The van der Waals surface area contributed by atoms with Crippen LogP contribution in [0.3, 0.4) is 0 Å². The average Bonchev–Trinajstić information content (AvgIpc) is 2.46. The molecule has 0 unspecified atom stereocenters. The minimum absolute atomic E-state index is 0.0174. The van der Waals surface area contributed by atoms with E-state index < -0.39 is 5.97 Å².